The number of carbonyl (C=O) groups excluding carboxylic acids is 1. The van der Waals surface area contributed by atoms with Crippen molar-refractivity contribution in [2.75, 3.05) is 13.1 Å². The lowest BCUT2D eigenvalue weighted by Crippen LogP contribution is -2.65. The van der Waals surface area contributed by atoms with E-state index in [2.05, 4.69) is 0 Å². The average molecular weight is 332 g/mol. The number of carbonyl (C=O) groups is 4. The molecule has 2 rings (SSSR count). The molecule has 0 saturated carbocycles. The van der Waals surface area contributed by atoms with Crippen LogP contribution in [0.2, 0.25) is 0 Å². The summed E-state index contributed by atoms with van der Waals surface area (Å²) >= 11 is 1.07. The molecule has 0 unspecified atom stereocenters. The number of amides is 1. The molecule has 2 saturated heterocycles. The summed E-state index contributed by atoms with van der Waals surface area (Å²) in [4.78, 5) is 48.3. The van der Waals surface area contributed by atoms with Crippen molar-refractivity contribution >= 4 is 35.6 Å². The minimum absolute atomic E-state index is 0.430. The third-order valence-corrected chi connectivity index (χ3v) is 5.31. The molecule has 0 bridgehead atoms. The summed E-state index contributed by atoms with van der Waals surface area (Å²) in [5.74, 6) is -4.30. The molecular formula is C12H16N2O7S. The second-order valence-corrected chi connectivity index (χ2v) is 7.51. The van der Waals surface area contributed by atoms with Gasteiger partial charge in [-0.05, 0) is 13.8 Å². The van der Waals surface area contributed by atoms with Crippen molar-refractivity contribution < 1.29 is 34.5 Å². The Morgan fingerprint density at radius 3 is 2.27 bits per heavy atom. The van der Waals surface area contributed by atoms with Gasteiger partial charge in [-0.2, -0.15) is 0 Å². The zero-order chi connectivity index (χ0) is 16.8. The third-order valence-electron chi connectivity index (χ3n) is 3.75. The van der Waals surface area contributed by atoms with Crippen molar-refractivity contribution in [2.45, 2.75) is 36.1 Å². The van der Waals surface area contributed by atoms with Gasteiger partial charge in [-0.25, -0.2) is 4.79 Å². The van der Waals surface area contributed by atoms with Gasteiger partial charge in [0.05, 0.1) is 13.1 Å². The highest BCUT2D eigenvalue weighted by Crippen LogP contribution is 2.48. The zero-order valence-electron chi connectivity index (χ0n) is 11.9. The Morgan fingerprint density at radius 2 is 1.82 bits per heavy atom. The first-order valence-corrected chi connectivity index (χ1v) is 7.34. The van der Waals surface area contributed by atoms with Crippen LogP contribution in [0.3, 0.4) is 0 Å². The summed E-state index contributed by atoms with van der Waals surface area (Å²) in [6.07, 6.45) is 0. The van der Waals surface area contributed by atoms with Crippen LogP contribution in [0, 0.1) is 0 Å². The molecule has 3 N–H and O–H groups in total. The van der Waals surface area contributed by atoms with Gasteiger partial charge in [0.15, 0.2) is 0 Å². The van der Waals surface area contributed by atoms with E-state index in [0.29, 0.717) is 0 Å². The highest BCUT2D eigenvalue weighted by atomic mass is 32.2. The number of rotatable bonds is 4. The van der Waals surface area contributed by atoms with Crippen LogP contribution < -0.4 is 0 Å². The van der Waals surface area contributed by atoms with Crippen LogP contribution >= 0.6 is 11.8 Å². The Morgan fingerprint density at radius 1 is 1.23 bits per heavy atom. The first-order chi connectivity index (χ1) is 10.1. The van der Waals surface area contributed by atoms with Crippen LogP contribution in [0.5, 0.6) is 0 Å². The van der Waals surface area contributed by atoms with E-state index < -0.39 is 59.1 Å². The molecule has 0 aromatic carbocycles. The van der Waals surface area contributed by atoms with E-state index in [-0.39, 0.29) is 0 Å². The van der Waals surface area contributed by atoms with Gasteiger partial charge in [0.1, 0.15) is 17.5 Å². The van der Waals surface area contributed by atoms with E-state index in [9.17, 15) is 29.4 Å². The van der Waals surface area contributed by atoms with Crippen LogP contribution in [0.1, 0.15) is 13.8 Å². The summed E-state index contributed by atoms with van der Waals surface area (Å²) in [6.45, 7) is 2.23. The van der Waals surface area contributed by atoms with Crippen LogP contribution in [0.25, 0.3) is 0 Å². The second kappa shape index (κ2) is 5.43. The summed E-state index contributed by atoms with van der Waals surface area (Å²) in [5.41, 5.74) is 0. The average Bonchev–Trinajstić information content (AvgIpc) is 2.58. The van der Waals surface area contributed by atoms with Crippen LogP contribution in [-0.4, -0.2) is 84.2 Å². The van der Waals surface area contributed by atoms with Gasteiger partial charge < -0.3 is 20.2 Å². The Bertz CT molecular complexity index is 550. The maximum absolute atomic E-state index is 12.3. The largest absolute Gasteiger partial charge is 0.480 e. The van der Waals surface area contributed by atoms with Crippen LogP contribution in [-0.2, 0) is 19.2 Å². The molecule has 2 heterocycles. The number of aliphatic carboxylic acids is 3. The van der Waals surface area contributed by atoms with Gasteiger partial charge in [-0.3, -0.25) is 19.3 Å². The predicted octanol–water partition coefficient (Wildman–Crippen LogP) is -1.03. The summed E-state index contributed by atoms with van der Waals surface area (Å²) < 4.78 is -0.876. The molecular weight excluding hydrogens is 316 g/mol. The lowest BCUT2D eigenvalue weighted by molar-refractivity contribution is -0.163. The monoisotopic (exact) mass is 332 g/mol. The molecule has 2 aliphatic heterocycles. The predicted molar refractivity (Wildman–Crippen MR) is 74.4 cm³/mol. The maximum Gasteiger partial charge on any atom is 0.327 e. The molecule has 2 aliphatic rings. The van der Waals surface area contributed by atoms with Gasteiger partial charge in [-0.1, -0.05) is 0 Å². The highest BCUT2D eigenvalue weighted by molar-refractivity contribution is 8.01. The van der Waals surface area contributed by atoms with Gasteiger partial charge in [0.2, 0.25) is 5.91 Å². The first-order valence-electron chi connectivity index (χ1n) is 6.46. The minimum Gasteiger partial charge on any atom is -0.480 e. The topological polar surface area (TPSA) is 135 Å². The van der Waals surface area contributed by atoms with Crippen molar-refractivity contribution in [3.8, 4) is 0 Å². The normalized spacial score (nSPS) is 30.9. The van der Waals surface area contributed by atoms with Crippen LogP contribution in [0.15, 0.2) is 0 Å². The quantitative estimate of drug-likeness (QED) is 0.590. The van der Waals surface area contributed by atoms with Crippen molar-refractivity contribution in [1.82, 2.24) is 9.80 Å². The molecule has 0 aromatic rings. The van der Waals surface area contributed by atoms with E-state index in [1.807, 2.05) is 0 Å². The van der Waals surface area contributed by atoms with E-state index >= 15 is 0 Å². The van der Waals surface area contributed by atoms with Crippen molar-refractivity contribution in [1.29, 1.82) is 0 Å². The Hall–Kier alpha value is -1.81. The third kappa shape index (κ3) is 2.63. The number of carboxylic acid groups (broad SMARTS) is 3. The number of nitrogens with zero attached hydrogens (tertiary/aromatic N) is 2. The molecule has 2 fully saturated rings. The number of thioether (sulfide) groups is 1. The molecule has 0 aromatic heterocycles. The summed E-state index contributed by atoms with van der Waals surface area (Å²) in [5, 5.41) is 26.7. The standard InChI is InChI=1S/C12H16N2O7S/c1-12(2)8(11(20)21)14-5(15)3-13(4-6(16)17)7(10(18)19)9(14)22-12/h7-9H,3-4H2,1-2H3,(H,16,17)(H,18,19)(H,20,21)/t7-,8-,9+/m0/s1. The fraction of sp³-hybridized carbons (Fsp3) is 0.667. The van der Waals surface area contributed by atoms with Crippen molar-refractivity contribution in [3.05, 3.63) is 0 Å². The zero-order valence-corrected chi connectivity index (χ0v) is 12.7. The Labute approximate surface area is 129 Å². The minimum atomic E-state index is -1.28. The number of carboxylic acids is 3. The van der Waals surface area contributed by atoms with Gasteiger partial charge in [-0.15, -0.1) is 11.8 Å². The van der Waals surface area contributed by atoms with Gasteiger partial charge >= 0.3 is 17.9 Å². The Kier molecular flexibility index (Phi) is 4.09. The maximum atomic E-state index is 12.3. The van der Waals surface area contributed by atoms with E-state index in [4.69, 9.17) is 5.11 Å². The first kappa shape index (κ1) is 16.6. The lowest BCUT2D eigenvalue weighted by Gasteiger charge is -2.41. The smallest absolute Gasteiger partial charge is 0.327 e. The number of fused-ring (bicyclic) bond motifs is 1. The van der Waals surface area contributed by atoms with E-state index in [1.54, 1.807) is 13.8 Å². The number of piperazine rings is 1. The second-order valence-electron chi connectivity index (χ2n) is 5.74. The lowest BCUT2D eigenvalue weighted by atomic mass is 9.99. The molecule has 10 heteroatoms. The Balaban J connectivity index is 2.43. The van der Waals surface area contributed by atoms with Crippen molar-refractivity contribution in [3.63, 3.8) is 0 Å². The highest BCUT2D eigenvalue weighted by Gasteiger charge is 2.60. The fourth-order valence-corrected chi connectivity index (χ4v) is 4.71. The fourth-order valence-electron chi connectivity index (χ4n) is 2.97. The van der Waals surface area contributed by atoms with E-state index in [1.165, 1.54) is 0 Å². The van der Waals surface area contributed by atoms with Crippen molar-refractivity contribution in [2.24, 2.45) is 0 Å². The molecule has 0 spiro atoms. The van der Waals surface area contributed by atoms with Crippen LogP contribution in [0.4, 0.5) is 0 Å². The molecule has 1 amide bonds. The molecule has 22 heavy (non-hydrogen) atoms. The summed E-state index contributed by atoms with van der Waals surface area (Å²) in [7, 11) is 0. The molecule has 9 nitrogen and oxygen atoms in total. The molecule has 0 aliphatic carbocycles. The van der Waals surface area contributed by atoms with Gasteiger partial charge in [0, 0.05) is 4.75 Å². The van der Waals surface area contributed by atoms with Gasteiger partial charge in [0.25, 0.3) is 0 Å². The summed E-state index contributed by atoms with van der Waals surface area (Å²) in [6, 6.07) is -2.41. The number of hydrogen-bond acceptors (Lipinski definition) is 6. The molecule has 0 radical (unpaired) electrons. The SMILES string of the molecule is CC1(C)S[C@@H]2[C@@H](C(=O)O)N(CC(=O)O)CC(=O)N2[C@H]1C(=O)O. The molecule has 122 valence electrons. The van der Waals surface area contributed by atoms with E-state index in [0.717, 1.165) is 21.6 Å². The molecule has 3 atom stereocenters. The number of hydrogen-bond donors (Lipinski definition) is 3.